The fraction of sp³-hybridized carbons (Fsp3) is 0.143. The van der Waals surface area contributed by atoms with Crippen molar-refractivity contribution in [3.8, 4) is 6.07 Å². The fourth-order valence-corrected chi connectivity index (χ4v) is 4.25. The van der Waals surface area contributed by atoms with Crippen LogP contribution in [0.4, 0.5) is 5.82 Å². The number of halogens is 2. The van der Waals surface area contributed by atoms with Crippen molar-refractivity contribution in [3.63, 3.8) is 0 Å². The first kappa shape index (κ1) is 16.3. The molecule has 0 saturated heterocycles. The fourth-order valence-electron chi connectivity index (χ4n) is 1.96. The third-order valence-corrected chi connectivity index (χ3v) is 5.63. The number of nitrogen functional groups attached to an aromatic ring is 1. The summed E-state index contributed by atoms with van der Waals surface area (Å²) in [7, 11) is 0. The number of pyridine rings is 1. The molecule has 3 aromatic rings. The predicted octanol–water partition coefficient (Wildman–Crippen LogP) is 4.18. The van der Waals surface area contributed by atoms with Crippen LogP contribution in [-0.4, -0.2) is 20.7 Å². The topological polar surface area (TPSA) is 88.5 Å². The van der Waals surface area contributed by atoms with Gasteiger partial charge >= 0.3 is 0 Å². The van der Waals surface area contributed by atoms with Crippen LogP contribution in [0.2, 0.25) is 10.2 Å². The third kappa shape index (κ3) is 3.67. The van der Waals surface area contributed by atoms with Gasteiger partial charge in [-0.15, -0.1) is 11.3 Å². The lowest BCUT2D eigenvalue weighted by Gasteiger charge is -2.04. The van der Waals surface area contributed by atoms with Crippen LogP contribution >= 0.6 is 46.3 Å². The molecule has 3 aromatic heterocycles. The second-order valence-electron chi connectivity index (χ2n) is 4.54. The van der Waals surface area contributed by atoms with Gasteiger partial charge < -0.3 is 5.73 Å². The molecular weight excluding hydrogens is 373 g/mol. The van der Waals surface area contributed by atoms with Gasteiger partial charge in [-0.3, -0.25) is 0 Å². The van der Waals surface area contributed by atoms with Crippen LogP contribution in [0.3, 0.4) is 0 Å². The van der Waals surface area contributed by atoms with Gasteiger partial charge in [-0.2, -0.15) is 5.26 Å². The van der Waals surface area contributed by atoms with Gasteiger partial charge in [-0.25, -0.2) is 15.0 Å². The Morgan fingerprint density at radius 2 is 2.09 bits per heavy atom. The van der Waals surface area contributed by atoms with Crippen molar-refractivity contribution in [2.75, 3.05) is 11.5 Å². The molecule has 116 valence electrons. The number of thioether (sulfide) groups is 1. The van der Waals surface area contributed by atoms with Crippen LogP contribution in [0.1, 0.15) is 11.4 Å². The first-order valence-electron chi connectivity index (χ1n) is 6.46. The SMILES string of the molecule is N#Cc1cc(N)nc(SCCc2cc3c(Cl)csc3c(Cl)n2)n1. The van der Waals surface area contributed by atoms with Crippen molar-refractivity contribution < 1.29 is 0 Å². The Morgan fingerprint density at radius 1 is 1.26 bits per heavy atom. The Labute approximate surface area is 150 Å². The van der Waals surface area contributed by atoms with E-state index >= 15 is 0 Å². The minimum Gasteiger partial charge on any atom is -0.384 e. The summed E-state index contributed by atoms with van der Waals surface area (Å²) in [4.78, 5) is 12.6. The minimum atomic E-state index is 0.257. The predicted molar refractivity (Wildman–Crippen MR) is 95.2 cm³/mol. The molecule has 0 aliphatic carbocycles. The highest BCUT2D eigenvalue weighted by molar-refractivity contribution is 7.99. The van der Waals surface area contributed by atoms with Crippen LogP contribution in [0.15, 0.2) is 22.7 Å². The van der Waals surface area contributed by atoms with Crippen molar-refractivity contribution in [2.45, 2.75) is 11.6 Å². The first-order valence-corrected chi connectivity index (χ1v) is 9.08. The van der Waals surface area contributed by atoms with E-state index in [-0.39, 0.29) is 11.5 Å². The van der Waals surface area contributed by atoms with E-state index in [1.54, 1.807) is 0 Å². The Kier molecular flexibility index (Phi) is 4.87. The lowest BCUT2D eigenvalue weighted by Crippen LogP contribution is -1.99. The van der Waals surface area contributed by atoms with E-state index < -0.39 is 0 Å². The Balaban J connectivity index is 1.73. The molecule has 0 radical (unpaired) electrons. The maximum atomic E-state index is 8.89. The van der Waals surface area contributed by atoms with Crippen LogP contribution in [0.5, 0.6) is 0 Å². The zero-order valence-corrected chi connectivity index (χ0v) is 14.7. The molecule has 2 N–H and O–H groups in total. The molecule has 0 aliphatic rings. The molecule has 0 aromatic carbocycles. The van der Waals surface area contributed by atoms with Crippen molar-refractivity contribution in [1.29, 1.82) is 5.26 Å². The average molecular weight is 382 g/mol. The number of hydrogen-bond donors (Lipinski definition) is 1. The number of anilines is 1. The largest absolute Gasteiger partial charge is 0.384 e. The summed E-state index contributed by atoms with van der Waals surface area (Å²) < 4.78 is 0.894. The number of nitrogens with two attached hydrogens (primary N) is 1. The Morgan fingerprint density at radius 3 is 2.87 bits per heavy atom. The number of fused-ring (bicyclic) bond motifs is 1. The monoisotopic (exact) mass is 381 g/mol. The molecule has 3 heterocycles. The summed E-state index contributed by atoms with van der Waals surface area (Å²) in [5.41, 5.74) is 6.75. The zero-order valence-electron chi connectivity index (χ0n) is 11.6. The van der Waals surface area contributed by atoms with E-state index in [4.69, 9.17) is 34.2 Å². The molecule has 5 nitrogen and oxygen atoms in total. The lowest BCUT2D eigenvalue weighted by atomic mass is 10.2. The number of hydrogen-bond acceptors (Lipinski definition) is 7. The standard InChI is InChI=1S/C14H9Cl2N5S2/c15-10-6-23-12-9(10)3-7(19-13(12)16)1-2-22-14-20-8(5-17)4-11(18)21-14/h3-4,6H,1-2H2,(H2,18,20,21). The summed E-state index contributed by atoms with van der Waals surface area (Å²) in [6.07, 6.45) is 0.673. The number of thiophene rings is 1. The van der Waals surface area contributed by atoms with Gasteiger partial charge in [-0.05, 0) is 12.5 Å². The first-order chi connectivity index (χ1) is 11.1. The quantitative estimate of drug-likeness (QED) is 0.414. The second kappa shape index (κ2) is 6.89. The van der Waals surface area contributed by atoms with Gasteiger partial charge in [0.1, 0.15) is 22.7 Å². The summed E-state index contributed by atoms with van der Waals surface area (Å²) in [5.74, 6) is 0.969. The Bertz CT molecular complexity index is 919. The maximum Gasteiger partial charge on any atom is 0.190 e. The van der Waals surface area contributed by atoms with E-state index in [2.05, 4.69) is 15.0 Å². The maximum absolute atomic E-state index is 8.89. The summed E-state index contributed by atoms with van der Waals surface area (Å²) in [6.45, 7) is 0. The second-order valence-corrected chi connectivity index (χ2v) is 7.24. The van der Waals surface area contributed by atoms with E-state index in [0.717, 1.165) is 15.8 Å². The number of aromatic nitrogens is 3. The van der Waals surface area contributed by atoms with Crippen LogP contribution in [-0.2, 0) is 6.42 Å². The number of nitrogens with zero attached hydrogens (tertiary/aromatic N) is 4. The third-order valence-electron chi connectivity index (χ3n) is 2.95. The molecular formula is C14H9Cl2N5S2. The molecule has 0 saturated carbocycles. The van der Waals surface area contributed by atoms with Gasteiger partial charge in [0.05, 0.1) is 9.72 Å². The Hall–Kier alpha value is -1.59. The van der Waals surface area contributed by atoms with Gasteiger partial charge in [0.25, 0.3) is 0 Å². The van der Waals surface area contributed by atoms with Crippen LogP contribution in [0, 0.1) is 11.3 Å². The van der Waals surface area contributed by atoms with Crippen LogP contribution < -0.4 is 5.73 Å². The molecule has 0 spiro atoms. The summed E-state index contributed by atoms with van der Waals surface area (Å²) in [6, 6.07) is 5.35. The molecule has 0 fully saturated rings. The summed E-state index contributed by atoms with van der Waals surface area (Å²) >= 11 is 15.2. The molecule has 3 rings (SSSR count). The smallest absolute Gasteiger partial charge is 0.190 e. The highest BCUT2D eigenvalue weighted by Gasteiger charge is 2.10. The molecule has 0 bridgehead atoms. The van der Waals surface area contributed by atoms with Crippen molar-refractivity contribution >= 4 is 62.2 Å². The molecule has 23 heavy (non-hydrogen) atoms. The van der Waals surface area contributed by atoms with E-state index in [1.807, 2.05) is 17.5 Å². The normalized spacial score (nSPS) is 10.8. The molecule has 9 heteroatoms. The molecule has 0 unspecified atom stereocenters. The molecule has 0 amide bonds. The van der Waals surface area contributed by atoms with E-state index in [0.29, 0.717) is 27.5 Å². The lowest BCUT2D eigenvalue weighted by molar-refractivity contribution is 0.955. The highest BCUT2D eigenvalue weighted by Crippen LogP contribution is 2.34. The minimum absolute atomic E-state index is 0.257. The molecule has 0 aliphatic heterocycles. The van der Waals surface area contributed by atoms with Crippen LogP contribution in [0.25, 0.3) is 10.1 Å². The zero-order chi connectivity index (χ0) is 16.4. The number of rotatable bonds is 4. The highest BCUT2D eigenvalue weighted by atomic mass is 35.5. The van der Waals surface area contributed by atoms with Gasteiger partial charge in [0, 0.05) is 28.3 Å². The van der Waals surface area contributed by atoms with Gasteiger partial charge in [-0.1, -0.05) is 35.0 Å². The molecule has 0 atom stereocenters. The summed E-state index contributed by atoms with van der Waals surface area (Å²) in [5, 5.41) is 13.3. The van der Waals surface area contributed by atoms with Gasteiger partial charge in [0.2, 0.25) is 0 Å². The van der Waals surface area contributed by atoms with Crippen molar-refractivity contribution in [3.05, 3.63) is 39.1 Å². The number of aryl methyl sites for hydroxylation is 1. The van der Waals surface area contributed by atoms with Crippen molar-refractivity contribution in [1.82, 2.24) is 15.0 Å². The van der Waals surface area contributed by atoms with E-state index in [1.165, 1.54) is 29.2 Å². The van der Waals surface area contributed by atoms with Crippen molar-refractivity contribution in [2.24, 2.45) is 0 Å². The van der Waals surface area contributed by atoms with Gasteiger partial charge in [0.15, 0.2) is 5.16 Å². The van der Waals surface area contributed by atoms with E-state index in [9.17, 15) is 0 Å². The average Bonchev–Trinajstić information content (AvgIpc) is 2.89. The number of nitriles is 1.